The van der Waals surface area contributed by atoms with Crippen LogP contribution in [0, 0.1) is 0 Å². The highest BCUT2D eigenvalue weighted by molar-refractivity contribution is 5.59. The molecule has 0 saturated heterocycles. The summed E-state index contributed by atoms with van der Waals surface area (Å²) in [4.78, 5) is 10.9. The molecule has 5 heteroatoms. The maximum absolute atomic E-state index is 4.40. The third-order valence-corrected chi connectivity index (χ3v) is 3.09. The molecule has 0 spiro atoms. The van der Waals surface area contributed by atoms with E-state index in [0.717, 1.165) is 30.2 Å². The maximum atomic E-state index is 4.40. The number of hydrogen-bond acceptors (Lipinski definition) is 5. The summed E-state index contributed by atoms with van der Waals surface area (Å²) in [6, 6.07) is 0.388. The molecule has 2 N–H and O–H groups in total. The monoisotopic (exact) mass is 265 g/mol. The van der Waals surface area contributed by atoms with E-state index >= 15 is 0 Å². The van der Waals surface area contributed by atoms with Gasteiger partial charge in [-0.1, -0.05) is 13.8 Å². The Labute approximate surface area is 116 Å². The normalized spacial score (nSPS) is 12.8. The molecule has 5 nitrogen and oxygen atoms in total. The summed E-state index contributed by atoms with van der Waals surface area (Å²) in [6.45, 7) is 7.58. The van der Waals surface area contributed by atoms with Gasteiger partial charge < -0.3 is 15.5 Å². The van der Waals surface area contributed by atoms with Crippen LogP contribution in [0.1, 0.15) is 38.7 Å². The largest absolute Gasteiger partial charge is 0.373 e. The van der Waals surface area contributed by atoms with Crippen molar-refractivity contribution in [2.45, 2.75) is 39.2 Å². The molecule has 0 radical (unpaired) electrons. The van der Waals surface area contributed by atoms with E-state index in [9.17, 15) is 0 Å². The van der Waals surface area contributed by atoms with Crippen molar-refractivity contribution in [2.75, 3.05) is 38.3 Å². The van der Waals surface area contributed by atoms with E-state index in [0.29, 0.717) is 12.0 Å². The third kappa shape index (κ3) is 4.67. The summed E-state index contributed by atoms with van der Waals surface area (Å²) in [5, 5.41) is 6.65. The van der Waals surface area contributed by atoms with Gasteiger partial charge in [-0.15, -0.1) is 0 Å². The maximum Gasteiger partial charge on any atom is 0.135 e. The molecule has 1 aromatic heterocycles. The Kier molecular flexibility index (Phi) is 6.02. The van der Waals surface area contributed by atoms with Crippen molar-refractivity contribution < 1.29 is 0 Å². The average molecular weight is 265 g/mol. The highest BCUT2D eigenvalue weighted by atomic mass is 15.1. The quantitative estimate of drug-likeness (QED) is 0.793. The van der Waals surface area contributed by atoms with Crippen molar-refractivity contribution >= 4 is 11.6 Å². The van der Waals surface area contributed by atoms with Crippen LogP contribution in [-0.4, -0.2) is 48.6 Å². The molecule has 0 fully saturated rings. The minimum absolute atomic E-state index is 0.382. The summed E-state index contributed by atoms with van der Waals surface area (Å²) in [5.41, 5.74) is 1.15. The van der Waals surface area contributed by atoms with Crippen molar-refractivity contribution in [3.63, 3.8) is 0 Å². The molecule has 0 bridgehead atoms. The lowest BCUT2D eigenvalue weighted by molar-refractivity contribution is 0.390. The van der Waals surface area contributed by atoms with E-state index in [-0.39, 0.29) is 0 Å². The summed E-state index contributed by atoms with van der Waals surface area (Å²) in [6.07, 6.45) is 2.70. The van der Waals surface area contributed by atoms with Gasteiger partial charge in [0.25, 0.3) is 0 Å². The predicted molar refractivity (Wildman–Crippen MR) is 81.9 cm³/mol. The Bertz CT molecular complexity index is 389. The lowest BCUT2D eigenvalue weighted by atomic mass is 10.0. The first kappa shape index (κ1) is 15.7. The van der Waals surface area contributed by atoms with Gasteiger partial charge in [-0.05, 0) is 39.9 Å². The van der Waals surface area contributed by atoms with Gasteiger partial charge in [0.15, 0.2) is 0 Å². The summed E-state index contributed by atoms with van der Waals surface area (Å²) in [5.74, 6) is 2.24. The topological polar surface area (TPSA) is 53.1 Å². The molecule has 0 aliphatic heterocycles. The minimum Gasteiger partial charge on any atom is -0.373 e. The first-order valence-corrected chi connectivity index (χ1v) is 6.89. The van der Waals surface area contributed by atoms with Crippen LogP contribution in [0.25, 0.3) is 0 Å². The van der Waals surface area contributed by atoms with Crippen LogP contribution < -0.4 is 10.6 Å². The second kappa shape index (κ2) is 7.28. The van der Waals surface area contributed by atoms with Gasteiger partial charge in [0.2, 0.25) is 0 Å². The van der Waals surface area contributed by atoms with E-state index in [2.05, 4.69) is 60.4 Å². The van der Waals surface area contributed by atoms with Gasteiger partial charge in [-0.3, -0.25) is 0 Å². The molecular weight excluding hydrogens is 238 g/mol. The second-order valence-corrected chi connectivity index (χ2v) is 5.53. The Balaban J connectivity index is 2.82. The molecule has 1 atom stereocenters. The van der Waals surface area contributed by atoms with Crippen LogP contribution in [0.4, 0.5) is 11.6 Å². The number of aromatic nitrogens is 2. The average Bonchev–Trinajstić information content (AvgIpc) is 2.35. The molecule has 0 saturated carbocycles. The van der Waals surface area contributed by atoms with Crippen molar-refractivity contribution in [3.8, 4) is 0 Å². The molecule has 1 unspecified atom stereocenters. The fraction of sp³-hybridized carbons (Fsp3) is 0.714. The lowest BCUT2D eigenvalue weighted by Crippen LogP contribution is -2.24. The number of anilines is 2. The molecule has 0 aromatic carbocycles. The standard InChI is InChI=1S/C14H27N5/c1-10(2)12-13(15-4)16-9-17-14(12)18-11(3)7-8-19(5)6/h9-11H,7-8H2,1-6H3,(H2,15,16,17,18). The fourth-order valence-corrected chi connectivity index (χ4v) is 2.01. The van der Waals surface area contributed by atoms with Crippen molar-refractivity contribution in [3.05, 3.63) is 11.9 Å². The van der Waals surface area contributed by atoms with Crippen molar-refractivity contribution in [2.24, 2.45) is 0 Å². The van der Waals surface area contributed by atoms with E-state index in [1.165, 1.54) is 0 Å². The SMILES string of the molecule is CNc1ncnc(NC(C)CCN(C)C)c1C(C)C. The molecular formula is C14H27N5. The highest BCUT2D eigenvalue weighted by Gasteiger charge is 2.15. The molecule has 1 aromatic rings. The van der Waals surface area contributed by atoms with Gasteiger partial charge in [-0.2, -0.15) is 0 Å². The second-order valence-electron chi connectivity index (χ2n) is 5.53. The Morgan fingerprint density at radius 2 is 1.79 bits per heavy atom. The van der Waals surface area contributed by atoms with Gasteiger partial charge in [0.05, 0.1) is 0 Å². The number of nitrogens with zero attached hydrogens (tertiary/aromatic N) is 3. The van der Waals surface area contributed by atoms with Crippen LogP contribution in [-0.2, 0) is 0 Å². The molecule has 0 amide bonds. The van der Waals surface area contributed by atoms with E-state index in [1.54, 1.807) is 6.33 Å². The fourth-order valence-electron chi connectivity index (χ4n) is 2.01. The predicted octanol–water partition coefficient (Wildman–Crippen LogP) is 2.39. The van der Waals surface area contributed by atoms with Gasteiger partial charge in [0, 0.05) is 18.7 Å². The Morgan fingerprint density at radius 1 is 1.16 bits per heavy atom. The van der Waals surface area contributed by atoms with Crippen molar-refractivity contribution in [1.82, 2.24) is 14.9 Å². The zero-order valence-corrected chi connectivity index (χ0v) is 13.0. The summed E-state index contributed by atoms with van der Waals surface area (Å²) < 4.78 is 0. The van der Waals surface area contributed by atoms with Crippen LogP contribution in [0.5, 0.6) is 0 Å². The summed E-state index contributed by atoms with van der Waals surface area (Å²) >= 11 is 0. The van der Waals surface area contributed by atoms with Gasteiger partial charge >= 0.3 is 0 Å². The van der Waals surface area contributed by atoms with E-state index < -0.39 is 0 Å². The van der Waals surface area contributed by atoms with E-state index in [4.69, 9.17) is 0 Å². The van der Waals surface area contributed by atoms with Gasteiger partial charge in [-0.25, -0.2) is 9.97 Å². The number of nitrogens with one attached hydrogen (secondary N) is 2. The first-order chi connectivity index (χ1) is 8.95. The third-order valence-electron chi connectivity index (χ3n) is 3.09. The summed E-state index contributed by atoms with van der Waals surface area (Å²) in [7, 11) is 6.08. The van der Waals surface area contributed by atoms with E-state index in [1.807, 2.05) is 7.05 Å². The van der Waals surface area contributed by atoms with Crippen LogP contribution in [0.15, 0.2) is 6.33 Å². The minimum atomic E-state index is 0.382. The van der Waals surface area contributed by atoms with Gasteiger partial charge in [0.1, 0.15) is 18.0 Å². The molecule has 19 heavy (non-hydrogen) atoms. The zero-order chi connectivity index (χ0) is 14.4. The lowest BCUT2D eigenvalue weighted by Gasteiger charge is -2.21. The zero-order valence-electron chi connectivity index (χ0n) is 13.0. The molecule has 0 aliphatic carbocycles. The Hall–Kier alpha value is -1.36. The number of rotatable bonds is 7. The first-order valence-electron chi connectivity index (χ1n) is 6.89. The van der Waals surface area contributed by atoms with Crippen LogP contribution >= 0.6 is 0 Å². The van der Waals surface area contributed by atoms with Crippen LogP contribution in [0.2, 0.25) is 0 Å². The molecule has 0 aliphatic rings. The molecule has 1 rings (SSSR count). The van der Waals surface area contributed by atoms with Crippen molar-refractivity contribution in [1.29, 1.82) is 0 Å². The molecule has 1 heterocycles. The highest BCUT2D eigenvalue weighted by Crippen LogP contribution is 2.28. The Morgan fingerprint density at radius 3 is 2.32 bits per heavy atom. The smallest absolute Gasteiger partial charge is 0.135 e. The molecule has 108 valence electrons. The van der Waals surface area contributed by atoms with Crippen LogP contribution in [0.3, 0.4) is 0 Å². The number of hydrogen-bond donors (Lipinski definition) is 2.